The molecule has 9 nitrogen and oxygen atoms in total. The number of H-pyrrole nitrogens is 3. The molecule has 1 fully saturated rings. The Kier molecular flexibility index (Phi) is 14.2. The van der Waals surface area contributed by atoms with Crippen molar-refractivity contribution in [1.29, 1.82) is 0 Å². The van der Waals surface area contributed by atoms with Crippen LogP contribution in [-0.2, 0) is 25.5 Å². The number of carbonyl (C=O) groups excluding carboxylic acids is 3. The minimum Gasteiger partial charge on any atom is -0.468 e. The monoisotopic (exact) mass is 817 g/mol. The average Bonchev–Trinajstić information content (AvgIpc) is 3.97. The highest BCUT2D eigenvalue weighted by Crippen LogP contribution is 2.48. The Morgan fingerprint density at radius 1 is 0.883 bits per heavy atom. The van der Waals surface area contributed by atoms with E-state index in [9.17, 15) is 14.4 Å². The third-order valence-electron chi connectivity index (χ3n) is 13.8. The molecule has 6 rings (SSSR count). The minimum absolute atomic E-state index is 0.0858. The Bertz CT molecular complexity index is 2360. The summed E-state index contributed by atoms with van der Waals surface area (Å²) in [5, 5.41) is 5.65. The van der Waals surface area contributed by atoms with Crippen LogP contribution in [0, 0.1) is 50.4 Å². The van der Waals surface area contributed by atoms with Crippen molar-refractivity contribution in [1.82, 2.24) is 20.3 Å². The van der Waals surface area contributed by atoms with Crippen LogP contribution in [-0.4, -0.2) is 46.4 Å². The fraction of sp³-hybridized carbons (Fsp3) is 0.510. The number of Topliss-reactive ketones (excluding diaryl/α,β-unsaturated/α-hetero) is 1. The van der Waals surface area contributed by atoms with E-state index in [1.54, 1.807) is 0 Å². The molecule has 60 heavy (non-hydrogen) atoms. The zero-order valence-corrected chi connectivity index (χ0v) is 37.8. The summed E-state index contributed by atoms with van der Waals surface area (Å²) in [4.78, 5) is 52.2. The van der Waals surface area contributed by atoms with E-state index in [-0.39, 0.29) is 36.6 Å². The summed E-state index contributed by atoms with van der Waals surface area (Å²) in [6.45, 7) is 23.9. The van der Waals surface area contributed by atoms with Crippen LogP contribution in [0.2, 0.25) is 0 Å². The van der Waals surface area contributed by atoms with Crippen LogP contribution in [0.5, 0.6) is 0 Å². The SMILES string of the molecule is C=Cc1c2[nH]c(c1C)/C=C1\N/C(=C3\c4[nH]c(c(C)c4C(=O)[C@@H]3C(=O)OC)/C=c3\[nH]/c(c(C)c3CC)=C\2)[C@@H](CCC(=O)OC/C=C(/C)CCC[C@@H](C)CCC[C@H](C)CC)[C@@H]1C. The maximum atomic E-state index is 14.4. The molecule has 9 heteroatoms. The summed E-state index contributed by atoms with van der Waals surface area (Å²) in [5.41, 5.74) is 12.5. The lowest BCUT2D eigenvalue weighted by Crippen LogP contribution is -2.25. The van der Waals surface area contributed by atoms with E-state index in [0.717, 1.165) is 92.5 Å². The Hall–Kier alpha value is -5.05. The van der Waals surface area contributed by atoms with Gasteiger partial charge in [0.15, 0.2) is 5.78 Å². The number of aromatic nitrogens is 3. The van der Waals surface area contributed by atoms with E-state index in [4.69, 9.17) is 9.47 Å². The number of rotatable bonds is 17. The van der Waals surface area contributed by atoms with Crippen LogP contribution in [0.15, 0.2) is 29.6 Å². The molecule has 8 bridgehead atoms. The number of hydrogen-bond acceptors (Lipinski definition) is 6. The number of esters is 2. The molecule has 0 amide bonds. The van der Waals surface area contributed by atoms with Gasteiger partial charge in [-0.1, -0.05) is 85.0 Å². The molecular weight excluding hydrogens is 749 g/mol. The highest BCUT2D eigenvalue weighted by atomic mass is 16.5. The molecule has 3 aliphatic rings. The van der Waals surface area contributed by atoms with Gasteiger partial charge in [0.25, 0.3) is 0 Å². The van der Waals surface area contributed by atoms with Gasteiger partial charge in [0.05, 0.1) is 12.8 Å². The molecule has 322 valence electrons. The van der Waals surface area contributed by atoms with Gasteiger partial charge < -0.3 is 29.7 Å². The van der Waals surface area contributed by atoms with Crippen molar-refractivity contribution in [3.05, 3.63) is 96.5 Å². The van der Waals surface area contributed by atoms with Crippen LogP contribution in [0.1, 0.15) is 160 Å². The van der Waals surface area contributed by atoms with Crippen molar-refractivity contribution < 1.29 is 23.9 Å². The number of carbonyl (C=O) groups is 3. The van der Waals surface area contributed by atoms with E-state index in [1.165, 1.54) is 50.4 Å². The number of nitrogens with one attached hydrogen (secondary N) is 4. The van der Waals surface area contributed by atoms with Gasteiger partial charge in [-0.05, 0) is 112 Å². The molecule has 1 saturated heterocycles. The lowest BCUT2D eigenvalue weighted by molar-refractivity contribution is -0.143. The van der Waals surface area contributed by atoms with Gasteiger partial charge >= 0.3 is 11.9 Å². The lowest BCUT2D eigenvalue weighted by Gasteiger charge is -2.19. The van der Waals surface area contributed by atoms with Gasteiger partial charge in [0, 0.05) is 74.1 Å². The van der Waals surface area contributed by atoms with Crippen LogP contribution in [0.4, 0.5) is 0 Å². The van der Waals surface area contributed by atoms with Crippen molar-refractivity contribution in [2.45, 2.75) is 127 Å². The third kappa shape index (κ3) is 9.01. The number of allylic oxidation sites excluding steroid dienone is 3. The lowest BCUT2D eigenvalue weighted by atomic mass is 9.85. The summed E-state index contributed by atoms with van der Waals surface area (Å²) >= 11 is 0. The van der Waals surface area contributed by atoms with Crippen LogP contribution in [0.25, 0.3) is 29.9 Å². The third-order valence-corrected chi connectivity index (χ3v) is 13.8. The normalized spacial score (nSPS) is 22.6. The predicted molar refractivity (Wildman–Crippen MR) is 243 cm³/mol. The van der Waals surface area contributed by atoms with E-state index >= 15 is 0 Å². The molecule has 3 aromatic rings. The first kappa shape index (κ1) is 44.5. The van der Waals surface area contributed by atoms with E-state index < -0.39 is 11.9 Å². The fourth-order valence-electron chi connectivity index (χ4n) is 9.62. The standard InChI is InChI=1S/C51H68N4O5/c1-12-28(4)17-15-18-29(5)19-16-20-30(6)23-24-60-44(56)22-21-37-33(9)40-25-38-31(7)35(13-2)42(52-38)26-39-32(8)36(14-3)43(53-39)27-41-34(10)45-49(55-41)46(48(37)54-40)47(50(45)57)51(58)59-11/h13,23,25-29,33,37,47,52-55H,2,12,14-22,24H2,1,3-11H3/b30-23-,39-26-,40-25-,43-27-,48-46-/t28-,29+,33+,37+,47-/m1/s1. The molecule has 5 heterocycles. The Labute approximate surface area is 357 Å². The van der Waals surface area contributed by atoms with Gasteiger partial charge in [0.1, 0.15) is 12.5 Å². The number of ketones is 1. The Morgan fingerprint density at radius 3 is 2.28 bits per heavy atom. The highest BCUT2D eigenvalue weighted by molar-refractivity contribution is 6.24. The van der Waals surface area contributed by atoms with Crippen molar-refractivity contribution in [3.8, 4) is 0 Å². The van der Waals surface area contributed by atoms with Crippen LogP contribution >= 0.6 is 0 Å². The molecule has 3 aromatic heterocycles. The Balaban J connectivity index is 1.31. The molecule has 0 unspecified atom stereocenters. The quantitative estimate of drug-likeness (QED) is 0.0611. The first-order valence-electron chi connectivity index (χ1n) is 22.4. The molecule has 4 N–H and O–H groups in total. The number of aromatic amines is 3. The molecular formula is C51H68N4O5. The molecule has 0 saturated carbocycles. The van der Waals surface area contributed by atoms with Crippen molar-refractivity contribution >= 4 is 47.6 Å². The summed E-state index contributed by atoms with van der Waals surface area (Å²) in [5.74, 6) is -1.08. The van der Waals surface area contributed by atoms with Crippen LogP contribution in [0.3, 0.4) is 0 Å². The second-order valence-electron chi connectivity index (χ2n) is 17.8. The highest BCUT2D eigenvalue weighted by Gasteiger charge is 2.48. The van der Waals surface area contributed by atoms with Gasteiger partial charge in [0.2, 0.25) is 0 Å². The van der Waals surface area contributed by atoms with Gasteiger partial charge in [-0.2, -0.15) is 0 Å². The second-order valence-corrected chi connectivity index (χ2v) is 17.8. The van der Waals surface area contributed by atoms with E-state index in [1.807, 2.05) is 19.1 Å². The van der Waals surface area contributed by atoms with Gasteiger partial charge in [-0.25, -0.2) is 0 Å². The Morgan fingerprint density at radius 2 is 1.58 bits per heavy atom. The molecule has 0 spiro atoms. The molecule has 1 aliphatic carbocycles. The maximum Gasteiger partial charge on any atom is 0.321 e. The maximum absolute atomic E-state index is 14.4. The minimum atomic E-state index is -1.14. The first-order chi connectivity index (χ1) is 28.7. The number of hydrogen-bond donors (Lipinski definition) is 4. The van der Waals surface area contributed by atoms with Crippen LogP contribution < -0.4 is 16.0 Å². The zero-order chi connectivity index (χ0) is 43.4. The predicted octanol–water partition coefficient (Wildman–Crippen LogP) is 9.66. The largest absolute Gasteiger partial charge is 0.468 e. The van der Waals surface area contributed by atoms with Gasteiger partial charge in [-0.3, -0.25) is 14.4 Å². The smallest absolute Gasteiger partial charge is 0.321 e. The first-order valence-corrected chi connectivity index (χ1v) is 22.4. The van der Waals surface area contributed by atoms with Crippen molar-refractivity contribution in [2.24, 2.45) is 29.6 Å². The fourth-order valence-corrected chi connectivity index (χ4v) is 9.62. The van der Waals surface area contributed by atoms with E-state index in [2.05, 4.69) is 100 Å². The number of ether oxygens (including phenoxy) is 2. The summed E-state index contributed by atoms with van der Waals surface area (Å²) in [6.07, 6.45) is 20.2. The van der Waals surface area contributed by atoms with Gasteiger partial charge in [-0.15, -0.1) is 0 Å². The molecule has 0 aromatic carbocycles. The molecule has 0 radical (unpaired) electrons. The van der Waals surface area contributed by atoms with Crippen molar-refractivity contribution in [2.75, 3.05) is 13.7 Å². The van der Waals surface area contributed by atoms with Crippen molar-refractivity contribution in [3.63, 3.8) is 0 Å². The number of fused-ring (bicyclic) bond motifs is 7. The topological polar surface area (TPSA) is 129 Å². The van der Waals surface area contributed by atoms with E-state index in [0.29, 0.717) is 23.3 Å². The molecule has 2 aliphatic heterocycles. The number of methoxy groups -OCH3 is 1. The summed E-state index contributed by atoms with van der Waals surface area (Å²) < 4.78 is 11.1. The zero-order valence-electron chi connectivity index (χ0n) is 37.8. The second kappa shape index (κ2) is 19.1. The average molecular weight is 817 g/mol. The molecule has 5 atom stereocenters. The summed E-state index contributed by atoms with van der Waals surface area (Å²) in [7, 11) is 1.32. The summed E-state index contributed by atoms with van der Waals surface area (Å²) in [6, 6.07) is 0.